The minimum atomic E-state index is 0.485. The van der Waals surface area contributed by atoms with Gasteiger partial charge in [0.1, 0.15) is 11.6 Å². The first-order chi connectivity index (χ1) is 11.2. The molecule has 5 heteroatoms. The van der Waals surface area contributed by atoms with Crippen LogP contribution in [-0.4, -0.2) is 54.7 Å². The molecule has 0 bridgehead atoms. The summed E-state index contributed by atoms with van der Waals surface area (Å²) in [4.78, 5) is 14.0. The van der Waals surface area contributed by atoms with Gasteiger partial charge in [-0.3, -0.25) is 0 Å². The second-order valence-electron chi connectivity index (χ2n) is 6.10. The molecule has 1 aromatic carbocycles. The van der Waals surface area contributed by atoms with Crippen molar-refractivity contribution in [1.82, 2.24) is 14.9 Å². The molecular formula is C18H24N4O. The Morgan fingerprint density at radius 2 is 1.87 bits per heavy atom. The van der Waals surface area contributed by atoms with Crippen LogP contribution < -0.4 is 9.64 Å². The Kier molecular flexibility index (Phi) is 4.76. The first-order valence-corrected chi connectivity index (χ1v) is 8.10. The number of aromatic nitrogens is 2. The molecule has 2 aromatic rings. The zero-order valence-corrected chi connectivity index (χ0v) is 14.1. The predicted molar refractivity (Wildman–Crippen MR) is 92.9 cm³/mol. The van der Waals surface area contributed by atoms with Gasteiger partial charge in [0.25, 0.3) is 0 Å². The van der Waals surface area contributed by atoms with Crippen LogP contribution in [0.4, 0.5) is 5.82 Å². The van der Waals surface area contributed by atoms with E-state index in [4.69, 9.17) is 9.72 Å². The monoisotopic (exact) mass is 312 g/mol. The van der Waals surface area contributed by atoms with Crippen molar-refractivity contribution in [3.63, 3.8) is 0 Å². The van der Waals surface area contributed by atoms with Crippen LogP contribution in [0, 0.1) is 0 Å². The van der Waals surface area contributed by atoms with Gasteiger partial charge in [0.15, 0.2) is 5.82 Å². The van der Waals surface area contributed by atoms with E-state index in [0.717, 1.165) is 49.0 Å². The molecule has 23 heavy (non-hydrogen) atoms. The quantitative estimate of drug-likeness (QED) is 0.871. The summed E-state index contributed by atoms with van der Waals surface area (Å²) >= 11 is 0. The highest BCUT2D eigenvalue weighted by Gasteiger charge is 2.20. The van der Waals surface area contributed by atoms with Crippen LogP contribution >= 0.6 is 0 Å². The van der Waals surface area contributed by atoms with Crippen LogP contribution in [0.5, 0.6) is 5.75 Å². The lowest BCUT2D eigenvalue weighted by Crippen LogP contribution is -2.35. The van der Waals surface area contributed by atoms with E-state index in [-0.39, 0.29) is 0 Å². The normalized spacial score (nSPS) is 19.4. The van der Waals surface area contributed by atoms with Gasteiger partial charge in [0.05, 0.1) is 7.11 Å². The molecule has 0 radical (unpaired) electrons. The fourth-order valence-electron chi connectivity index (χ4n) is 2.90. The lowest BCUT2D eigenvalue weighted by atomic mass is 10.2. The number of ether oxygens (including phenoxy) is 1. The van der Waals surface area contributed by atoms with Gasteiger partial charge in [-0.05, 0) is 57.3 Å². The Labute approximate surface area is 137 Å². The third-order valence-electron chi connectivity index (χ3n) is 4.47. The van der Waals surface area contributed by atoms with E-state index < -0.39 is 0 Å². The molecule has 1 aliphatic heterocycles. The lowest BCUT2D eigenvalue weighted by molar-refractivity contribution is 0.356. The number of likely N-dealkylation sites (N-methyl/N-ethyl adjacent to an activating group) is 1. The predicted octanol–water partition coefficient (Wildman–Crippen LogP) is 2.68. The third-order valence-corrected chi connectivity index (χ3v) is 4.47. The summed E-state index contributed by atoms with van der Waals surface area (Å²) in [5.74, 6) is 2.61. The van der Waals surface area contributed by atoms with Gasteiger partial charge >= 0.3 is 0 Å². The van der Waals surface area contributed by atoms with Crippen molar-refractivity contribution in [1.29, 1.82) is 0 Å². The van der Waals surface area contributed by atoms with Crippen LogP contribution in [0.15, 0.2) is 36.5 Å². The Balaban J connectivity index is 1.86. The second kappa shape index (κ2) is 6.96. The molecular weight excluding hydrogens is 288 g/mol. The molecule has 122 valence electrons. The summed E-state index contributed by atoms with van der Waals surface area (Å²) in [6.07, 6.45) is 3.00. The Hall–Kier alpha value is -2.14. The van der Waals surface area contributed by atoms with Crippen molar-refractivity contribution < 1.29 is 4.74 Å². The Bertz CT molecular complexity index is 644. The van der Waals surface area contributed by atoms with Crippen LogP contribution in [0.25, 0.3) is 11.4 Å². The number of hydrogen-bond acceptors (Lipinski definition) is 5. The van der Waals surface area contributed by atoms with E-state index in [9.17, 15) is 0 Å². The fourth-order valence-corrected chi connectivity index (χ4v) is 2.90. The zero-order valence-electron chi connectivity index (χ0n) is 14.1. The maximum absolute atomic E-state index is 5.21. The average Bonchev–Trinajstić information content (AvgIpc) is 2.76. The molecule has 1 aliphatic rings. The van der Waals surface area contributed by atoms with E-state index in [1.54, 1.807) is 7.11 Å². The molecule has 0 spiro atoms. The van der Waals surface area contributed by atoms with E-state index >= 15 is 0 Å². The van der Waals surface area contributed by atoms with Gasteiger partial charge in [-0.2, -0.15) is 0 Å². The maximum Gasteiger partial charge on any atom is 0.161 e. The standard InChI is InChI=1S/C18H24N4O/c1-14-9-11-21(2)12-13-22(14)17-8-10-19-18(20-17)15-4-6-16(23-3)7-5-15/h4-8,10,14H,9,11-13H2,1-3H3. The van der Waals surface area contributed by atoms with Gasteiger partial charge < -0.3 is 14.5 Å². The Morgan fingerprint density at radius 1 is 1.09 bits per heavy atom. The smallest absolute Gasteiger partial charge is 0.161 e. The van der Waals surface area contributed by atoms with Crippen molar-refractivity contribution in [2.75, 3.05) is 38.7 Å². The van der Waals surface area contributed by atoms with Crippen LogP contribution in [0.1, 0.15) is 13.3 Å². The molecule has 1 unspecified atom stereocenters. The van der Waals surface area contributed by atoms with Crippen molar-refractivity contribution in [2.45, 2.75) is 19.4 Å². The van der Waals surface area contributed by atoms with Crippen molar-refractivity contribution in [3.05, 3.63) is 36.5 Å². The van der Waals surface area contributed by atoms with Gasteiger partial charge in [-0.1, -0.05) is 0 Å². The van der Waals surface area contributed by atoms with E-state index in [2.05, 4.69) is 28.8 Å². The largest absolute Gasteiger partial charge is 0.497 e. The summed E-state index contributed by atoms with van der Waals surface area (Å²) in [7, 11) is 3.85. The number of methoxy groups -OCH3 is 1. The molecule has 0 N–H and O–H groups in total. The third kappa shape index (κ3) is 3.62. The highest BCUT2D eigenvalue weighted by Crippen LogP contribution is 2.23. The molecule has 1 saturated heterocycles. The number of hydrogen-bond donors (Lipinski definition) is 0. The van der Waals surface area contributed by atoms with Crippen molar-refractivity contribution in [3.8, 4) is 17.1 Å². The number of benzene rings is 1. The first kappa shape index (κ1) is 15.7. The van der Waals surface area contributed by atoms with E-state index in [1.807, 2.05) is 36.5 Å². The van der Waals surface area contributed by atoms with Gasteiger partial charge in [0.2, 0.25) is 0 Å². The molecule has 1 aromatic heterocycles. The zero-order chi connectivity index (χ0) is 16.2. The fraction of sp³-hybridized carbons (Fsp3) is 0.444. The van der Waals surface area contributed by atoms with Crippen LogP contribution in [-0.2, 0) is 0 Å². The summed E-state index contributed by atoms with van der Waals surface area (Å²) in [5, 5.41) is 0. The summed E-state index contributed by atoms with van der Waals surface area (Å²) < 4.78 is 5.21. The molecule has 3 rings (SSSR count). The molecule has 0 amide bonds. The summed E-state index contributed by atoms with van der Waals surface area (Å²) in [6.45, 7) is 5.46. The highest BCUT2D eigenvalue weighted by molar-refractivity contribution is 5.58. The minimum Gasteiger partial charge on any atom is -0.497 e. The van der Waals surface area contributed by atoms with Gasteiger partial charge in [-0.15, -0.1) is 0 Å². The number of rotatable bonds is 3. The van der Waals surface area contributed by atoms with Gasteiger partial charge in [-0.25, -0.2) is 9.97 Å². The second-order valence-corrected chi connectivity index (χ2v) is 6.10. The summed E-state index contributed by atoms with van der Waals surface area (Å²) in [5.41, 5.74) is 1.01. The molecule has 1 fully saturated rings. The number of anilines is 1. The SMILES string of the molecule is COc1ccc(-c2nccc(N3CCN(C)CCC3C)n2)cc1. The van der Waals surface area contributed by atoms with Crippen molar-refractivity contribution in [2.24, 2.45) is 0 Å². The molecule has 2 heterocycles. The van der Waals surface area contributed by atoms with Gasteiger partial charge in [0, 0.05) is 30.9 Å². The maximum atomic E-state index is 5.21. The molecule has 0 saturated carbocycles. The average molecular weight is 312 g/mol. The molecule has 0 aliphatic carbocycles. The van der Waals surface area contributed by atoms with Crippen LogP contribution in [0.3, 0.4) is 0 Å². The topological polar surface area (TPSA) is 41.5 Å². The Morgan fingerprint density at radius 3 is 2.61 bits per heavy atom. The highest BCUT2D eigenvalue weighted by atomic mass is 16.5. The van der Waals surface area contributed by atoms with Crippen molar-refractivity contribution >= 4 is 5.82 Å². The van der Waals surface area contributed by atoms with E-state index in [0.29, 0.717) is 6.04 Å². The van der Waals surface area contributed by atoms with Crippen LogP contribution in [0.2, 0.25) is 0 Å². The number of nitrogens with zero attached hydrogens (tertiary/aromatic N) is 4. The summed E-state index contributed by atoms with van der Waals surface area (Å²) in [6, 6.07) is 10.4. The molecule has 5 nitrogen and oxygen atoms in total. The first-order valence-electron chi connectivity index (χ1n) is 8.10. The van der Waals surface area contributed by atoms with E-state index in [1.165, 1.54) is 0 Å². The minimum absolute atomic E-state index is 0.485. The molecule has 1 atom stereocenters. The lowest BCUT2D eigenvalue weighted by Gasteiger charge is -2.28.